The molecule has 1 spiro atoms. The quantitative estimate of drug-likeness (QED) is 0.127. The molecule has 10 rings (SSSR count). The summed E-state index contributed by atoms with van der Waals surface area (Å²) in [6.45, 7) is 1.40. The second-order valence-electron chi connectivity index (χ2n) is 14.2. The van der Waals surface area contributed by atoms with Gasteiger partial charge in [0.1, 0.15) is 0 Å². The number of carbonyl (C=O) groups is 3. The second-order valence-corrected chi connectivity index (χ2v) is 37.7. The van der Waals surface area contributed by atoms with Crippen LogP contribution >= 0.6 is 0 Å². The standard InChI is InChI=1S/C19H23O4.C5H5.Fe/c1-5-7-10-13-19(17(21)6-2,16-11-8-9-12-16)18(22)23-15(4)14(3)20;1-2-4-5-3-1;/h2,8-9,11-12,15H,5,7,10,13H2,1,3-4H3;1-5H;. The van der Waals surface area contributed by atoms with Gasteiger partial charge >= 0.3 is 161 Å². The van der Waals surface area contributed by atoms with Crippen molar-refractivity contribution in [3.05, 3.63) is 0 Å². The van der Waals surface area contributed by atoms with Gasteiger partial charge in [-0.25, -0.2) is 0 Å². The van der Waals surface area contributed by atoms with Crippen LogP contribution in [0, 0.1) is 17.8 Å². The summed E-state index contributed by atoms with van der Waals surface area (Å²) in [5.74, 6) is 1.58. The van der Waals surface area contributed by atoms with Crippen molar-refractivity contribution in [3.8, 4) is 12.3 Å². The maximum absolute atomic E-state index is 14.0. The summed E-state index contributed by atoms with van der Waals surface area (Å²) in [7, 11) is 0. The van der Waals surface area contributed by atoms with Crippen molar-refractivity contribution in [2.75, 3.05) is 0 Å². The molecule has 10 saturated heterocycles. The predicted octanol–water partition coefficient (Wildman–Crippen LogP) is 5.04. The van der Waals surface area contributed by atoms with E-state index in [1.165, 1.54) is 6.92 Å². The van der Waals surface area contributed by atoms with Crippen molar-refractivity contribution >= 4 is 17.5 Å². The average Bonchev–Trinajstić information content (AvgIpc) is 3.63. The van der Waals surface area contributed by atoms with Gasteiger partial charge in [-0.1, -0.05) is 0 Å². The van der Waals surface area contributed by atoms with Crippen molar-refractivity contribution in [1.82, 2.24) is 0 Å². The molecule has 0 aromatic rings. The molecule has 0 aromatic heterocycles. The number of esters is 1. The third kappa shape index (κ3) is 0.269. The van der Waals surface area contributed by atoms with Crippen LogP contribution in [-0.4, -0.2) is 23.6 Å². The Labute approximate surface area is 161 Å². The van der Waals surface area contributed by atoms with Gasteiger partial charge in [0.25, 0.3) is 0 Å². The van der Waals surface area contributed by atoms with Crippen LogP contribution in [0.3, 0.4) is 0 Å². The van der Waals surface area contributed by atoms with Crippen LogP contribution in [0.5, 0.6) is 0 Å². The number of fused-ring (bicyclic) bond motifs is 10. The van der Waals surface area contributed by atoms with Crippen molar-refractivity contribution in [1.29, 1.82) is 0 Å². The number of Topliss-reactive ketones (excluding diaryl/α,β-unsaturated/α-hetero) is 2. The number of hydrogen-bond donors (Lipinski definition) is 0. The van der Waals surface area contributed by atoms with Crippen molar-refractivity contribution in [3.63, 3.8) is 0 Å². The SMILES string of the molecule is C#CC(=O)C(CCCCC)(C(=O)OC(C)C(C)=O)[C]12[CH]3[CH]4[CH]5[CH]1[Fe]45321678[CH]2[CH]1[CH]6[CH]7[CH]28. The number of carbonyl (C=O) groups excluding carboxylic acids is 3. The topological polar surface area (TPSA) is 60.4 Å². The molecule has 0 radical (unpaired) electrons. The van der Waals surface area contributed by atoms with Gasteiger partial charge in [0.2, 0.25) is 0 Å². The molecule has 10 aliphatic rings. The summed E-state index contributed by atoms with van der Waals surface area (Å²) in [6.07, 6.45) is 8.44. The van der Waals surface area contributed by atoms with Gasteiger partial charge in [0.15, 0.2) is 0 Å². The van der Waals surface area contributed by atoms with Crippen LogP contribution in [0.2, 0.25) is 47.7 Å². The maximum atomic E-state index is 14.0. The summed E-state index contributed by atoms with van der Waals surface area (Å²) in [4.78, 5) is 48.0. The first-order valence-corrected chi connectivity index (χ1v) is 17.8. The zero-order valence-electron chi connectivity index (χ0n) is 17.2. The Morgan fingerprint density at radius 3 is 1.97 bits per heavy atom. The van der Waals surface area contributed by atoms with E-state index in [-0.39, 0.29) is 15.9 Å². The summed E-state index contributed by atoms with van der Waals surface area (Å²) >= 11 is 0. The summed E-state index contributed by atoms with van der Waals surface area (Å²) in [5, 5.41) is 0. The molecule has 6 atom stereocenters. The van der Waals surface area contributed by atoms with Gasteiger partial charge in [-0.15, -0.1) is 0 Å². The molecule has 0 bridgehead atoms. The fourth-order valence-electron chi connectivity index (χ4n) is 19.3. The number of hydrogen-bond acceptors (Lipinski definition) is 4. The van der Waals surface area contributed by atoms with E-state index >= 15 is 0 Å². The number of rotatable bonds is 9. The van der Waals surface area contributed by atoms with Crippen LogP contribution in [0.15, 0.2) is 0 Å². The molecule has 29 heavy (non-hydrogen) atoms. The fourth-order valence-corrected chi connectivity index (χ4v) is 94.7. The van der Waals surface area contributed by atoms with Gasteiger partial charge in [0, 0.05) is 0 Å². The molecule has 5 heteroatoms. The van der Waals surface area contributed by atoms with Crippen molar-refractivity contribution < 1.29 is 25.6 Å². The fraction of sp³-hybridized carbons (Fsp3) is 0.792. The third-order valence-electron chi connectivity index (χ3n) is 18.2. The van der Waals surface area contributed by atoms with Gasteiger partial charge in [-0.2, -0.15) is 0 Å². The van der Waals surface area contributed by atoms with Gasteiger partial charge in [-0.3, -0.25) is 0 Å². The van der Waals surface area contributed by atoms with Crippen LogP contribution in [-0.2, 0) is 25.6 Å². The monoisotopic (exact) mass is 436 g/mol. The Morgan fingerprint density at radius 1 is 1.07 bits per heavy atom. The van der Waals surface area contributed by atoms with E-state index in [1.807, 2.05) is 0 Å². The normalized spacial score (nSPS) is 77.4. The molecule has 0 saturated carbocycles. The molecule has 6 unspecified atom stereocenters. The molecule has 0 aromatic carbocycles. The minimum absolute atomic E-state index is 0.00312. The molecule has 10 heterocycles. The van der Waals surface area contributed by atoms with E-state index < -0.39 is 24.0 Å². The Balaban J connectivity index is 1.22. The molecule has 0 amide bonds. The van der Waals surface area contributed by atoms with E-state index in [0.29, 0.717) is 6.42 Å². The first-order chi connectivity index (χ1) is 13.6. The molecule has 4 nitrogen and oxygen atoms in total. The predicted molar refractivity (Wildman–Crippen MR) is 103 cm³/mol. The van der Waals surface area contributed by atoms with Crippen LogP contribution < -0.4 is 0 Å². The Hall–Kier alpha value is -1.11. The molecule has 0 aliphatic carbocycles. The Kier molecular flexibility index (Phi) is 0.905. The molecule has 156 valence electrons. The van der Waals surface area contributed by atoms with E-state index in [1.54, 1.807) is 6.92 Å². The molecular weight excluding hydrogens is 408 g/mol. The van der Waals surface area contributed by atoms with E-state index in [4.69, 9.17) is 11.2 Å². The van der Waals surface area contributed by atoms with Crippen molar-refractivity contribution in [2.24, 2.45) is 5.41 Å². The van der Waals surface area contributed by atoms with Crippen LogP contribution in [0.25, 0.3) is 0 Å². The summed E-state index contributed by atoms with van der Waals surface area (Å²) < 4.78 is 5.79. The Bertz CT molecular complexity index is 1360. The van der Waals surface area contributed by atoms with Gasteiger partial charge in [-0.05, 0) is 0 Å². The van der Waals surface area contributed by atoms with Gasteiger partial charge < -0.3 is 0 Å². The van der Waals surface area contributed by atoms with Crippen LogP contribution in [0.4, 0.5) is 0 Å². The Morgan fingerprint density at radius 2 is 1.62 bits per heavy atom. The summed E-state index contributed by atoms with van der Waals surface area (Å²) in [5.41, 5.74) is -1.12. The van der Waals surface area contributed by atoms with E-state index in [0.717, 1.165) is 62.6 Å². The summed E-state index contributed by atoms with van der Waals surface area (Å²) in [6, 6.07) is 0. The number of ketones is 2. The first-order valence-electron chi connectivity index (χ1n) is 11.5. The van der Waals surface area contributed by atoms with E-state index in [2.05, 4.69) is 12.8 Å². The average molecular weight is 436 g/mol. The minimum atomic E-state index is -3.82. The molecule has 10 aliphatic heterocycles. The molecule has 0 N–H and O–H groups in total. The van der Waals surface area contributed by atoms with E-state index in [9.17, 15) is 14.4 Å². The third-order valence-corrected chi connectivity index (χ3v) is 60.7. The van der Waals surface area contributed by atoms with Crippen LogP contribution in [0.1, 0.15) is 46.5 Å². The molecular formula is C24H28FeO4. The number of terminal acetylenes is 1. The zero-order valence-corrected chi connectivity index (χ0v) is 18.3. The number of ether oxygens (including phenoxy) is 1. The second kappa shape index (κ2) is 1.77. The zero-order chi connectivity index (χ0) is 20.1. The number of unbranched alkanes of at least 4 members (excludes halogenated alkanes) is 2. The molecule has 10 fully saturated rings. The first kappa shape index (κ1) is 14.8. The van der Waals surface area contributed by atoms with Gasteiger partial charge in [0.05, 0.1) is 0 Å². The van der Waals surface area contributed by atoms with Crippen molar-refractivity contribution in [2.45, 2.75) is 100 Å².